The summed E-state index contributed by atoms with van der Waals surface area (Å²) in [6.45, 7) is 3.35. The van der Waals surface area contributed by atoms with Gasteiger partial charge >= 0.3 is 0 Å². The molecule has 1 aliphatic rings. The Morgan fingerprint density at radius 2 is 2.00 bits per heavy atom. The van der Waals surface area contributed by atoms with E-state index in [1.54, 1.807) is 7.11 Å². The number of nitrogens with one attached hydrogen (secondary N) is 2. The smallest absolute Gasteiger partial charge is 0.132 e. The predicted molar refractivity (Wildman–Crippen MR) is 73.0 cm³/mol. The van der Waals surface area contributed by atoms with Crippen molar-refractivity contribution < 1.29 is 4.74 Å². The topological polar surface area (TPSA) is 59.1 Å². The van der Waals surface area contributed by atoms with Gasteiger partial charge in [0.25, 0.3) is 0 Å². The number of methoxy groups -OCH3 is 1. The lowest BCUT2D eigenvalue weighted by Gasteiger charge is -2.14. The first-order valence-electron chi connectivity index (χ1n) is 6.63. The number of nitrogens with zero attached hydrogens (tertiary/aromatic N) is 2. The van der Waals surface area contributed by atoms with Crippen LogP contribution in [0.5, 0.6) is 0 Å². The summed E-state index contributed by atoms with van der Waals surface area (Å²) in [6, 6.07) is 2.55. The van der Waals surface area contributed by atoms with Crippen molar-refractivity contribution in [1.29, 1.82) is 0 Å². The van der Waals surface area contributed by atoms with Crippen molar-refractivity contribution in [3.63, 3.8) is 0 Å². The Morgan fingerprint density at radius 3 is 2.72 bits per heavy atom. The van der Waals surface area contributed by atoms with E-state index in [4.69, 9.17) is 4.74 Å². The first-order valence-corrected chi connectivity index (χ1v) is 6.63. The molecule has 18 heavy (non-hydrogen) atoms. The molecule has 1 fully saturated rings. The zero-order chi connectivity index (χ0) is 12.8. The van der Waals surface area contributed by atoms with Gasteiger partial charge in [0, 0.05) is 25.8 Å². The van der Waals surface area contributed by atoms with Crippen LogP contribution in [0, 0.1) is 6.92 Å². The maximum Gasteiger partial charge on any atom is 0.132 e. The average molecular weight is 250 g/mol. The first-order chi connectivity index (χ1) is 8.78. The molecular formula is C13H22N4O. The summed E-state index contributed by atoms with van der Waals surface area (Å²) in [7, 11) is 1.69. The van der Waals surface area contributed by atoms with Gasteiger partial charge in [-0.2, -0.15) is 0 Å². The number of rotatable bonds is 6. The van der Waals surface area contributed by atoms with Gasteiger partial charge in [0.15, 0.2) is 0 Å². The zero-order valence-electron chi connectivity index (χ0n) is 11.2. The van der Waals surface area contributed by atoms with Gasteiger partial charge in [-0.1, -0.05) is 12.8 Å². The normalized spacial score (nSPS) is 15.9. The molecule has 0 aliphatic heterocycles. The maximum atomic E-state index is 5.01. The summed E-state index contributed by atoms with van der Waals surface area (Å²) < 4.78 is 5.01. The fourth-order valence-corrected chi connectivity index (χ4v) is 2.29. The van der Waals surface area contributed by atoms with Crippen molar-refractivity contribution in [2.45, 2.75) is 38.6 Å². The number of anilines is 2. The Kier molecular flexibility index (Phi) is 4.75. The molecule has 1 saturated carbocycles. The van der Waals surface area contributed by atoms with E-state index in [-0.39, 0.29) is 0 Å². The van der Waals surface area contributed by atoms with Gasteiger partial charge in [0.05, 0.1) is 6.61 Å². The molecule has 1 aromatic heterocycles. The quantitative estimate of drug-likeness (QED) is 0.758. The van der Waals surface area contributed by atoms with E-state index in [9.17, 15) is 0 Å². The van der Waals surface area contributed by atoms with Gasteiger partial charge in [-0.3, -0.25) is 0 Å². The second-order valence-corrected chi connectivity index (χ2v) is 4.73. The Bertz CT molecular complexity index is 377. The average Bonchev–Trinajstić information content (AvgIpc) is 2.81. The van der Waals surface area contributed by atoms with Gasteiger partial charge in [0.1, 0.15) is 17.5 Å². The summed E-state index contributed by atoms with van der Waals surface area (Å²) in [5, 5.41) is 6.73. The molecule has 0 saturated heterocycles. The van der Waals surface area contributed by atoms with E-state index < -0.39 is 0 Å². The standard InChI is InChI=1S/C13H22N4O/c1-10-15-12(14-7-8-18-2)9-13(16-10)17-11-5-3-4-6-11/h9,11H,3-8H2,1-2H3,(H2,14,15,16,17). The van der Waals surface area contributed by atoms with Crippen LogP contribution in [0.1, 0.15) is 31.5 Å². The van der Waals surface area contributed by atoms with Gasteiger partial charge in [-0.05, 0) is 19.8 Å². The Labute approximate surface area is 108 Å². The van der Waals surface area contributed by atoms with E-state index >= 15 is 0 Å². The molecule has 2 rings (SSSR count). The Balaban J connectivity index is 1.96. The molecule has 0 spiro atoms. The molecule has 0 aromatic carbocycles. The highest BCUT2D eigenvalue weighted by Crippen LogP contribution is 2.22. The highest BCUT2D eigenvalue weighted by molar-refractivity contribution is 5.48. The fraction of sp³-hybridized carbons (Fsp3) is 0.692. The summed E-state index contributed by atoms with van der Waals surface area (Å²) >= 11 is 0. The van der Waals surface area contributed by atoms with Gasteiger partial charge in [-0.25, -0.2) is 9.97 Å². The van der Waals surface area contributed by atoms with Crippen LogP contribution in [-0.4, -0.2) is 36.3 Å². The highest BCUT2D eigenvalue weighted by atomic mass is 16.5. The van der Waals surface area contributed by atoms with Crippen LogP contribution in [0.15, 0.2) is 6.07 Å². The van der Waals surface area contributed by atoms with Crippen LogP contribution in [0.4, 0.5) is 11.6 Å². The predicted octanol–water partition coefficient (Wildman–Crippen LogP) is 2.20. The van der Waals surface area contributed by atoms with Gasteiger partial charge in [0.2, 0.25) is 0 Å². The molecule has 0 amide bonds. The number of hydrogen-bond acceptors (Lipinski definition) is 5. The summed E-state index contributed by atoms with van der Waals surface area (Å²) in [5.74, 6) is 2.58. The molecule has 0 unspecified atom stereocenters. The fourth-order valence-electron chi connectivity index (χ4n) is 2.29. The van der Waals surface area contributed by atoms with E-state index in [2.05, 4.69) is 20.6 Å². The molecule has 2 N–H and O–H groups in total. The van der Waals surface area contributed by atoms with Gasteiger partial charge < -0.3 is 15.4 Å². The molecule has 100 valence electrons. The van der Waals surface area contributed by atoms with Crippen molar-refractivity contribution in [3.05, 3.63) is 11.9 Å². The van der Waals surface area contributed by atoms with E-state index in [1.165, 1.54) is 25.7 Å². The lowest BCUT2D eigenvalue weighted by Crippen LogP contribution is -2.17. The van der Waals surface area contributed by atoms with Crippen LogP contribution in [0.3, 0.4) is 0 Å². The van der Waals surface area contributed by atoms with Crippen molar-refractivity contribution in [3.8, 4) is 0 Å². The third-order valence-corrected chi connectivity index (χ3v) is 3.16. The van der Waals surface area contributed by atoms with Crippen LogP contribution in [0.2, 0.25) is 0 Å². The third kappa shape index (κ3) is 3.84. The minimum absolute atomic E-state index is 0.575. The van der Waals surface area contributed by atoms with Crippen molar-refractivity contribution in [1.82, 2.24) is 9.97 Å². The maximum absolute atomic E-state index is 5.01. The number of hydrogen-bond donors (Lipinski definition) is 2. The molecule has 1 heterocycles. The largest absolute Gasteiger partial charge is 0.383 e. The lowest BCUT2D eigenvalue weighted by molar-refractivity contribution is 0.210. The molecule has 5 nitrogen and oxygen atoms in total. The minimum atomic E-state index is 0.575. The Morgan fingerprint density at radius 1 is 1.28 bits per heavy atom. The van der Waals surface area contributed by atoms with Crippen LogP contribution >= 0.6 is 0 Å². The number of ether oxygens (including phenoxy) is 1. The van der Waals surface area contributed by atoms with E-state index in [0.717, 1.165) is 24.0 Å². The minimum Gasteiger partial charge on any atom is -0.383 e. The number of aryl methyl sites for hydroxylation is 1. The number of aromatic nitrogens is 2. The molecule has 0 radical (unpaired) electrons. The first kappa shape index (κ1) is 13.1. The second-order valence-electron chi connectivity index (χ2n) is 4.73. The SMILES string of the molecule is COCCNc1cc(NC2CCCC2)nc(C)n1. The molecular weight excluding hydrogens is 228 g/mol. The van der Waals surface area contributed by atoms with E-state index in [1.807, 2.05) is 13.0 Å². The monoisotopic (exact) mass is 250 g/mol. The zero-order valence-corrected chi connectivity index (χ0v) is 11.2. The van der Waals surface area contributed by atoms with Crippen molar-refractivity contribution >= 4 is 11.6 Å². The second kappa shape index (κ2) is 6.54. The van der Waals surface area contributed by atoms with Gasteiger partial charge in [-0.15, -0.1) is 0 Å². The summed E-state index contributed by atoms with van der Waals surface area (Å²) in [4.78, 5) is 8.79. The Hall–Kier alpha value is -1.36. The van der Waals surface area contributed by atoms with Crippen molar-refractivity contribution in [2.75, 3.05) is 30.9 Å². The summed E-state index contributed by atoms with van der Waals surface area (Å²) in [6.07, 6.45) is 5.13. The van der Waals surface area contributed by atoms with Crippen LogP contribution in [0.25, 0.3) is 0 Å². The molecule has 1 aromatic rings. The molecule has 1 aliphatic carbocycles. The van der Waals surface area contributed by atoms with E-state index in [0.29, 0.717) is 12.6 Å². The third-order valence-electron chi connectivity index (χ3n) is 3.16. The lowest BCUT2D eigenvalue weighted by atomic mass is 10.2. The summed E-state index contributed by atoms with van der Waals surface area (Å²) in [5.41, 5.74) is 0. The van der Waals surface area contributed by atoms with Crippen LogP contribution < -0.4 is 10.6 Å². The van der Waals surface area contributed by atoms with Crippen molar-refractivity contribution in [2.24, 2.45) is 0 Å². The molecule has 0 bridgehead atoms. The van der Waals surface area contributed by atoms with Crippen LogP contribution in [-0.2, 0) is 4.74 Å². The molecule has 5 heteroatoms. The highest BCUT2D eigenvalue weighted by Gasteiger charge is 2.15. The molecule has 0 atom stereocenters.